The molecule has 2 N–H and O–H groups in total. The maximum atomic E-state index is 13.7. The van der Waals surface area contributed by atoms with Gasteiger partial charge in [-0.1, -0.05) is 32.9 Å². The SMILES string of the molecule is CC(C)(C)CC(CN)c1ccc(OC(=O)c2c(F)c(F)c(F)c(F)c2F)cc1. The second-order valence-corrected chi connectivity index (χ2v) is 7.60. The number of carbonyl (C=O) groups is 1. The number of ether oxygens (including phenoxy) is 1. The molecule has 0 saturated carbocycles. The average Bonchev–Trinajstić information content (AvgIpc) is 2.63. The quantitative estimate of drug-likeness (QED) is 0.250. The van der Waals surface area contributed by atoms with Crippen LogP contribution in [-0.2, 0) is 0 Å². The van der Waals surface area contributed by atoms with Gasteiger partial charge in [0.15, 0.2) is 23.3 Å². The first-order valence-corrected chi connectivity index (χ1v) is 8.50. The van der Waals surface area contributed by atoms with Crippen molar-refractivity contribution < 1.29 is 31.5 Å². The Morgan fingerprint density at radius 2 is 1.39 bits per heavy atom. The van der Waals surface area contributed by atoms with E-state index < -0.39 is 40.6 Å². The third-order valence-electron chi connectivity index (χ3n) is 4.12. The molecule has 0 bridgehead atoms. The van der Waals surface area contributed by atoms with Crippen molar-refractivity contribution in [2.75, 3.05) is 6.54 Å². The molecule has 0 aromatic heterocycles. The second kappa shape index (κ2) is 8.26. The van der Waals surface area contributed by atoms with Gasteiger partial charge in [0.05, 0.1) is 0 Å². The van der Waals surface area contributed by atoms with Crippen LogP contribution in [0.2, 0.25) is 0 Å². The highest BCUT2D eigenvalue weighted by atomic mass is 19.2. The summed E-state index contributed by atoms with van der Waals surface area (Å²) in [5, 5.41) is 0. The lowest BCUT2D eigenvalue weighted by Crippen LogP contribution is -2.19. The largest absolute Gasteiger partial charge is 0.423 e. The van der Waals surface area contributed by atoms with E-state index in [2.05, 4.69) is 20.8 Å². The summed E-state index contributed by atoms with van der Waals surface area (Å²) < 4.78 is 71.7. The van der Waals surface area contributed by atoms with Gasteiger partial charge in [-0.25, -0.2) is 26.7 Å². The number of rotatable bonds is 5. The predicted molar refractivity (Wildman–Crippen MR) is 93.5 cm³/mol. The predicted octanol–water partition coefficient (Wildman–Crippen LogP) is 5.08. The van der Waals surface area contributed by atoms with Crippen LogP contribution in [0.1, 0.15) is 49.0 Å². The molecule has 0 spiro atoms. The van der Waals surface area contributed by atoms with Gasteiger partial charge in [0.2, 0.25) is 5.82 Å². The fourth-order valence-electron chi connectivity index (χ4n) is 2.83. The molecule has 0 saturated heterocycles. The van der Waals surface area contributed by atoms with E-state index in [1.807, 2.05) is 0 Å². The normalized spacial score (nSPS) is 12.8. The molecule has 0 aliphatic rings. The summed E-state index contributed by atoms with van der Waals surface area (Å²) in [5.41, 5.74) is 5.06. The van der Waals surface area contributed by atoms with Crippen LogP contribution in [0.15, 0.2) is 24.3 Å². The average molecular weight is 401 g/mol. The smallest absolute Gasteiger partial charge is 0.349 e. The Morgan fingerprint density at radius 1 is 0.929 bits per heavy atom. The minimum Gasteiger partial charge on any atom is -0.423 e. The van der Waals surface area contributed by atoms with Crippen LogP contribution in [-0.4, -0.2) is 12.5 Å². The first-order valence-electron chi connectivity index (χ1n) is 8.50. The van der Waals surface area contributed by atoms with Crippen molar-refractivity contribution in [3.63, 3.8) is 0 Å². The molecule has 2 aromatic rings. The number of nitrogens with two attached hydrogens (primary N) is 1. The molecule has 3 nitrogen and oxygen atoms in total. The lowest BCUT2D eigenvalue weighted by molar-refractivity contribution is 0.0721. The number of hydrogen-bond acceptors (Lipinski definition) is 3. The van der Waals surface area contributed by atoms with E-state index in [1.54, 1.807) is 12.1 Å². The van der Waals surface area contributed by atoms with Crippen molar-refractivity contribution in [2.45, 2.75) is 33.1 Å². The van der Waals surface area contributed by atoms with Crippen molar-refractivity contribution in [3.05, 3.63) is 64.5 Å². The van der Waals surface area contributed by atoms with Crippen molar-refractivity contribution >= 4 is 5.97 Å². The van der Waals surface area contributed by atoms with E-state index in [-0.39, 0.29) is 17.1 Å². The van der Waals surface area contributed by atoms with Gasteiger partial charge in [-0.2, -0.15) is 0 Å². The molecule has 8 heteroatoms. The molecule has 1 atom stereocenters. The summed E-state index contributed by atoms with van der Waals surface area (Å²) in [6.45, 7) is 6.59. The van der Waals surface area contributed by atoms with Crippen LogP contribution in [0, 0.1) is 34.5 Å². The summed E-state index contributed by atoms with van der Waals surface area (Å²) >= 11 is 0. The maximum Gasteiger partial charge on any atom is 0.349 e. The first-order chi connectivity index (χ1) is 13.0. The first kappa shape index (κ1) is 21.8. The molecule has 2 aromatic carbocycles. The highest BCUT2D eigenvalue weighted by Gasteiger charge is 2.31. The van der Waals surface area contributed by atoms with E-state index in [0.29, 0.717) is 6.54 Å². The molecule has 1 unspecified atom stereocenters. The van der Waals surface area contributed by atoms with Crippen molar-refractivity contribution in [3.8, 4) is 5.75 Å². The van der Waals surface area contributed by atoms with E-state index in [0.717, 1.165) is 12.0 Å². The number of esters is 1. The summed E-state index contributed by atoms with van der Waals surface area (Å²) in [7, 11) is 0. The lowest BCUT2D eigenvalue weighted by atomic mass is 9.81. The topological polar surface area (TPSA) is 52.3 Å². The molecule has 2 rings (SSSR count). The zero-order valence-corrected chi connectivity index (χ0v) is 15.6. The van der Waals surface area contributed by atoms with E-state index in [1.165, 1.54) is 12.1 Å². The van der Waals surface area contributed by atoms with Crippen molar-refractivity contribution in [1.29, 1.82) is 0 Å². The molecular formula is C20H20F5NO2. The molecule has 0 aliphatic heterocycles. The third-order valence-corrected chi connectivity index (χ3v) is 4.12. The van der Waals surface area contributed by atoms with Crippen LogP contribution in [0.25, 0.3) is 0 Å². The van der Waals surface area contributed by atoms with Crippen LogP contribution in [0.3, 0.4) is 0 Å². The molecule has 0 heterocycles. The summed E-state index contributed by atoms with van der Waals surface area (Å²) in [5.74, 6) is -13.0. The highest BCUT2D eigenvalue weighted by molar-refractivity contribution is 5.91. The summed E-state index contributed by atoms with van der Waals surface area (Å²) in [6.07, 6.45) is 0.799. The molecule has 0 amide bonds. The fourth-order valence-corrected chi connectivity index (χ4v) is 2.83. The van der Waals surface area contributed by atoms with E-state index in [9.17, 15) is 26.7 Å². The van der Waals surface area contributed by atoms with Crippen LogP contribution < -0.4 is 10.5 Å². The van der Waals surface area contributed by atoms with Crippen molar-refractivity contribution in [2.24, 2.45) is 11.1 Å². The Hall–Kier alpha value is -2.48. The van der Waals surface area contributed by atoms with Gasteiger partial charge in [-0.15, -0.1) is 0 Å². The van der Waals surface area contributed by atoms with Gasteiger partial charge in [-0.05, 0) is 42.0 Å². The maximum absolute atomic E-state index is 13.7. The van der Waals surface area contributed by atoms with Gasteiger partial charge in [-0.3, -0.25) is 0 Å². The van der Waals surface area contributed by atoms with Gasteiger partial charge < -0.3 is 10.5 Å². The van der Waals surface area contributed by atoms with Gasteiger partial charge in [0, 0.05) is 0 Å². The Kier molecular flexibility index (Phi) is 6.44. The summed E-state index contributed by atoms with van der Waals surface area (Å²) in [4.78, 5) is 12.0. The van der Waals surface area contributed by atoms with Crippen molar-refractivity contribution in [1.82, 2.24) is 0 Å². The highest BCUT2D eigenvalue weighted by Crippen LogP contribution is 2.31. The van der Waals surface area contributed by atoms with Gasteiger partial charge >= 0.3 is 5.97 Å². The number of carbonyl (C=O) groups excluding carboxylic acids is 1. The van der Waals surface area contributed by atoms with Crippen LogP contribution in [0.4, 0.5) is 22.0 Å². The Bertz CT molecular complexity index is 847. The zero-order chi connectivity index (χ0) is 21.2. The van der Waals surface area contributed by atoms with Gasteiger partial charge in [0.25, 0.3) is 0 Å². The Morgan fingerprint density at radius 3 is 1.82 bits per heavy atom. The lowest BCUT2D eigenvalue weighted by Gasteiger charge is -2.25. The molecule has 152 valence electrons. The molecular weight excluding hydrogens is 381 g/mol. The molecule has 0 fully saturated rings. The summed E-state index contributed by atoms with van der Waals surface area (Å²) in [6, 6.07) is 5.99. The Balaban J connectivity index is 2.25. The van der Waals surface area contributed by atoms with E-state index in [4.69, 9.17) is 10.5 Å². The van der Waals surface area contributed by atoms with Crippen LogP contribution >= 0.6 is 0 Å². The molecule has 28 heavy (non-hydrogen) atoms. The van der Waals surface area contributed by atoms with E-state index >= 15 is 0 Å². The molecule has 0 aliphatic carbocycles. The molecule has 0 radical (unpaired) electrons. The van der Waals surface area contributed by atoms with Crippen LogP contribution in [0.5, 0.6) is 5.75 Å². The second-order valence-electron chi connectivity index (χ2n) is 7.60. The minimum atomic E-state index is -2.34. The minimum absolute atomic E-state index is 0.0287. The fraction of sp³-hybridized carbons (Fsp3) is 0.350. The Labute approximate surface area is 159 Å². The monoisotopic (exact) mass is 401 g/mol. The number of hydrogen-bond donors (Lipinski definition) is 1. The number of benzene rings is 2. The standard InChI is InChI=1S/C20H20F5NO2/c1-20(2,3)8-11(9-26)10-4-6-12(7-5-10)28-19(27)13-14(21)16(23)18(25)17(24)15(13)22/h4-7,11H,8-9,26H2,1-3H3. The zero-order valence-electron chi connectivity index (χ0n) is 15.6. The number of halogens is 5. The third kappa shape index (κ3) is 4.67. The van der Waals surface area contributed by atoms with Gasteiger partial charge in [0.1, 0.15) is 11.3 Å².